The molecular formula is C22H26O4. The van der Waals surface area contributed by atoms with Gasteiger partial charge in [0.1, 0.15) is 5.60 Å². The highest BCUT2D eigenvalue weighted by Crippen LogP contribution is 2.27. The van der Waals surface area contributed by atoms with Gasteiger partial charge in [-0.1, -0.05) is 67.6 Å². The van der Waals surface area contributed by atoms with E-state index in [1.54, 1.807) is 27.7 Å². The maximum Gasteiger partial charge on any atom is 0.310 e. The summed E-state index contributed by atoms with van der Waals surface area (Å²) in [6.07, 6.45) is -0.516. The van der Waals surface area contributed by atoms with Crippen LogP contribution >= 0.6 is 0 Å². The molecule has 2 aromatic rings. The second-order valence-electron chi connectivity index (χ2n) is 7.33. The largest absolute Gasteiger partial charge is 0.460 e. The zero-order valence-electron chi connectivity index (χ0n) is 15.8. The zero-order chi connectivity index (χ0) is 19.2. The van der Waals surface area contributed by atoms with Gasteiger partial charge in [-0.15, -0.1) is 0 Å². The van der Waals surface area contributed by atoms with E-state index in [1.165, 1.54) is 0 Å². The van der Waals surface area contributed by atoms with Crippen LogP contribution in [0.2, 0.25) is 0 Å². The van der Waals surface area contributed by atoms with Gasteiger partial charge >= 0.3 is 11.9 Å². The lowest BCUT2D eigenvalue weighted by molar-refractivity contribution is -0.162. The van der Waals surface area contributed by atoms with Crippen LogP contribution in [0.4, 0.5) is 0 Å². The molecule has 2 aromatic carbocycles. The summed E-state index contributed by atoms with van der Waals surface area (Å²) in [5, 5.41) is 0. The number of esters is 2. The first kappa shape index (κ1) is 19.7. The van der Waals surface area contributed by atoms with Crippen LogP contribution in [-0.4, -0.2) is 17.5 Å². The first-order chi connectivity index (χ1) is 12.3. The van der Waals surface area contributed by atoms with Crippen molar-refractivity contribution >= 4 is 11.9 Å². The molecule has 0 fully saturated rings. The van der Waals surface area contributed by atoms with Gasteiger partial charge in [0, 0.05) is 0 Å². The van der Waals surface area contributed by atoms with E-state index in [2.05, 4.69) is 0 Å². The smallest absolute Gasteiger partial charge is 0.310 e. The summed E-state index contributed by atoms with van der Waals surface area (Å²) in [5.41, 5.74) is 1.20. The van der Waals surface area contributed by atoms with Crippen molar-refractivity contribution in [1.82, 2.24) is 0 Å². The fourth-order valence-corrected chi connectivity index (χ4v) is 2.53. The van der Waals surface area contributed by atoms with Gasteiger partial charge in [-0.25, -0.2) is 0 Å². The Labute approximate surface area is 155 Å². The molecule has 4 nitrogen and oxygen atoms in total. The van der Waals surface area contributed by atoms with Crippen molar-refractivity contribution in [1.29, 1.82) is 0 Å². The van der Waals surface area contributed by atoms with E-state index in [0.717, 1.165) is 11.1 Å². The number of carbonyl (C=O) groups excluding carboxylic acids is 2. The van der Waals surface area contributed by atoms with Crippen molar-refractivity contribution in [2.75, 3.05) is 0 Å². The van der Waals surface area contributed by atoms with Crippen molar-refractivity contribution < 1.29 is 19.1 Å². The van der Waals surface area contributed by atoms with Crippen molar-refractivity contribution in [3.8, 4) is 0 Å². The number of carbonyl (C=O) groups is 2. The molecule has 26 heavy (non-hydrogen) atoms. The van der Waals surface area contributed by atoms with Crippen molar-refractivity contribution in [2.45, 2.75) is 45.8 Å². The maximum atomic E-state index is 12.6. The molecule has 0 amide bonds. The molecule has 0 aliphatic rings. The van der Waals surface area contributed by atoms with E-state index in [0.29, 0.717) is 0 Å². The average Bonchev–Trinajstić information content (AvgIpc) is 2.59. The van der Waals surface area contributed by atoms with Crippen LogP contribution in [0.15, 0.2) is 60.7 Å². The van der Waals surface area contributed by atoms with Crippen LogP contribution in [0.3, 0.4) is 0 Å². The van der Waals surface area contributed by atoms with Gasteiger partial charge in [-0.05, 0) is 31.9 Å². The van der Waals surface area contributed by atoms with E-state index in [9.17, 15) is 9.59 Å². The fraction of sp³-hybridized carbons (Fsp3) is 0.364. The van der Waals surface area contributed by atoms with Gasteiger partial charge in [0.05, 0.1) is 12.3 Å². The van der Waals surface area contributed by atoms with Crippen LogP contribution in [-0.2, 0) is 19.1 Å². The van der Waals surface area contributed by atoms with Crippen molar-refractivity contribution in [3.05, 3.63) is 71.8 Å². The Morgan fingerprint density at radius 3 is 1.77 bits per heavy atom. The van der Waals surface area contributed by atoms with E-state index in [1.807, 2.05) is 60.7 Å². The van der Waals surface area contributed by atoms with Gasteiger partial charge < -0.3 is 9.47 Å². The number of ether oxygens (including phenoxy) is 2. The van der Waals surface area contributed by atoms with E-state index < -0.39 is 29.6 Å². The molecule has 0 aliphatic heterocycles. The topological polar surface area (TPSA) is 52.6 Å². The van der Waals surface area contributed by atoms with E-state index in [4.69, 9.17) is 9.47 Å². The van der Waals surface area contributed by atoms with Gasteiger partial charge in [0.2, 0.25) is 0 Å². The Kier molecular flexibility index (Phi) is 6.56. The number of hydrogen-bond donors (Lipinski definition) is 0. The summed E-state index contributed by atoms with van der Waals surface area (Å²) in [6.45, 7) is 7.08. The van der Waals surface area contributed by atoms with Crippen LogP contribution in [0.5, 0.6) is 0 Å². The third-order valence-corrected chi connectivity index (χ3v) is 3.73. The Morgan fingerprint density at radius 1 is 0.885 bits per heavy atom. The minimum Gasteiger partial charge on any atom is -0.460 e. The Morgan fingerprint density at radius 2 is 1.35 bits per heavy atom. The minimum atomic E-state index is -0.584. The minimum absolute atomic E-state index is 0.00754. The summed E-state index contributed by atoms with van der Waals surface area (Å²) in [4.78, 5) is 24.5. The number of benzene rings is 2. The second kappa shape index (κ2) is 8.65. The third-order valence-electron chi connectivity index (χ3n) is 3.73. The second-order valence-corrected chi connectivity index (χ2v) is 7.33. The molecule has 138 valence electrons. The molecule has 0 radical (unpaired) electrons. The normalized spacial score (nSPS) is 12.5. The van der Waals surface area contributed by atoms with Gasteiger partial charge in [-0.2, -0.15) is 0 Å². The van der Waals surface area contributed by atoms with Gasteiger partial charge in [0.25, 0.3) is 0 Å². The highest BCUT2D eigenvalue weighted by atomic mass is 16.6. The fourth-order valence-electron chi connectivity index (χ4n) is 2.53. The molecule has 0 spiro atoms. The molecule has 1 atom stereocenters. The molecule has 2 rings (SSSR count). The van der Waals surface area contributed by atoms with E-state index >= 15 is 0 Å². The molecule has 0 aromatic heterocycles. The van der Waals surface area contributed by atoms with Crippen LogP contribution in [0.1, 0.15) is 51.3 Å². The van der Waals surface area contributed by atoms with Crippen LogP contribution in [0, 0.1) is 5.92 Å². The average molecular weight is 354 g/mol. The molecule has 4 heteroatoms. The number of rotatable bonds is 6. The van der Waals surface area contributed by atoms with Crippen LogP contribution < -0.4 is 0 Å². The quantitative estimate of drug-likeness (QED) is 0.706. The Bertz CT molecular complexity index is 677. The molecule has 0 unspecified atom stereocenters. The molecule has 0 heterocycles. The van der Waals surface area contributed by atoms with Crippen LogP contribution in [0.25, 0.3) is 0 Å². The molecule has 0 N–H and O–H groups in total. The lowest BCUT2D eigenvalue weighted by Gasteiger charge is -2.23. The summed E-state index contributed by atoms with van der Waals surface area (Å²) in [5.74, 6) is -1.41. The molecule has 0 bridgehead atoms. The third kappa shape index (κ3) is 6.03. The predicted octanol–water partition coefficient (Wildman–Crippen LogP) is 4.69. The highest BCUT2D eigenvalue weighted by molar-refractivity contribution is 5.80. The van der Waals surface area contributed by atoms with Crippen molar-refractivity contribution in [2.24, 2.45) is 5.92 Å². The standard InChI is InChI=1S/C22H26O4/c1-16(15-19(23)26-22(2,3)4)21(24)25-20(17-11-7-5-8-12-17)18-13-9-6-10-14-18/h5-14,16,20H,15H2,1-4H3/t16-/m0/s1. The van der Waals surface area contributed by atoms with Gasteiger partial charge in [-0.3, -0.25) is 9.59 Å². The first-order valence-electron chi connectivity index (χ1n) is 8.78. The molecule has 0 saturated carbocycles. The lowest BCUT2D eigenvalue weighted by Crippen LogP contribution is -2.27. The Hall–Kier alpha value is -2.62. The molecular weight excluding hydrogens is 328 g/mol. The summed E-state index contributed by atoms with van der Waals surface area (Å²) >= 11 is 0. The molecule has 0 aliphatic carbocycles. The summed E-state index contributed by atoms with van der Waals surface area (Å²) in [7, 11) is 0. The monoisotopic (exact) mass is 354 g/mol. The zero-order valence-corrected chi connectivity index (χ0v) is 15.8. The maximum absolute atomic E-state index is 12.6. The summed E-state index contributed by atoms with van der Waals surface area (Å²) in [6, 6.07) is 19.1. The predicted molar refractivity (Wildman–Crippen MR) is 100 cm³/mol. The highest BCUT2D eigenvalue weighted by Gasteiger charge is 2.26. The van der Waals surface area contributed by atoms with Gasteiger partial charge in [0.15, 0.2) is 6.10 Å². The molecule has 0 saturated heterocycles. The SMILES string of the molecule is C[C@@H](CC(=O)OC(C)(C)C)C(=O)OC(c1ccccc1)c1ccccc1. The van der Waals surface area contributed by atoms with E-state index in [-0.39, 0.29) is 6.42 Å². The summed E-state index contributed by atoms with van der Waals surface area (Å²) < 4.78 is 11.1. The first-order valence-corrected chi connectivity index (χ1v) is 8.78. The Balaban J connectivity index is 2.10. The van der Waals surface area contributed by atoms with Crippen molar-refractivity contribution in [3.63, 3.8) is 0 Å². The number of hydrogen-bond acceptors (Lipinski definition) is 4. The lowest BCUT2D eigenvalue weighted by atomic mass is 10.0.